The zero-order chi connectivity index (χ0) is 14.0. The Kier molecular flexibility index (Phi) is 3.46. The number of anilines is 1. The summed E-state index contributed by atoms with van der Waals surface area (Å²) >= 11 is 0. The van der Waals surface area contributed by atoms with Crippen molar-refractivity contribution >= 4 is 11.8 Å². The van der Waals surface area contributed by atoms with Crippen LogP contribution >= 0.6 is 0 Å². The first-order valence-electron chi connectivity index (χ1n) is 5.79. The van der Waals surface area contributed by atoms with Crippen LogP contribution in [0.4, 0.5) is 5.82 Å². The van der Waals surface area contributed by atoms with Crippen LogP contribution in [0, 0.1) is 6.92 Å². The number of hydrogen-bond donors (Lipinski definition) is 2. The first-order chi connectivity index (χ1) is 8.97. The van der Waals surface area contributed by atoms with Crippen LogP contribution in [0.5, 0.6) is 0 Å². The number of rotatable bonds is 4. The number of carboxylic acid groups (broad SMARTS) is 1. The maximum absolute atomic E-state index is 11.1. The second-order valence-electron chi connectivity index (χ2n) is 4.30. The van der Waals surface area contributed by atoms with Gasteiger partial charge in [0.1, 0.15) is 17.2 Å². The lowest BCUT2D eigenvalue weighted by molar-refractivity contribution is 0.0697. The van der Waals surface area contributed by atoms with E-state index in [1.165, 1.54) is 6.20 Å². The third-order valence-electron chi connectivity index (χ3n) is 2.72. The van der Waals surface area contributed by atoms with Crippen molar-refractivity contribution in [1.82, 2.24) is 19.7 Å². The number of hydrogen-bond acceptors (Lipinski definition) is 5. The molecule has 0 aliphatic rings. The molecule has 0 spiro atoms. The molecule has 0 radical (unpaired) electrons. The molecule has 2 aromatic heterocycles. The molecule has 1 unspecified atom stereocenters. The van der Waals surface area contributed by atoms with E-state index in [1.54, 1.807) is 17.8 Å². The Morgan fingerprint density at radius 1 is 1.47 bits per heavy atom. The van der Waals surface area contributed by atoms with Crippen molar-refractivity contribution in [2.45, 2.75) is 19.9 Å². The van der Waals surface area contributed by atoms with E-state index in [2.05, 4.69) is 20.4 Å². The lowest BCUT2D eigenvalue weighted by Crippen LogP contribution is -2.13. The molecule has 19 heavy (non-hydrogen) atoms. The highest BCUT2D eigenvalue weighted by Crippen LogP contribution is 2.20. The molecule has 2 N–H and O–H groups in total. The summed E-state index contributed by atoms with van der Waals surface area (Å²) in [5.74, 6) is -0.219. The number of carboxylic acids is 1. The van der Waals surface area contributed by atoms with Crippen LogP contribution in [-0.2, 0) is 7.05 Å². The molecule has 100 valence electrons. The summed E-state index contributed by atoms with van der Waals surface area (Å²) in [5.41, 5.74) is 1.01. The summed E-state index contributed by atoms with van der Waals surface area (Å²) in [7, 11) is 1.83. The van der Waals surface area contributed by atoms with Gasteiger partial charge in [-0.25, -0.2) is 14.8 Å². The summed E-state index contributed by atoms with van der Waals surface area (Å²) in [5, 5.41) is 16.3. The second-order valence-corrected chi connectivity index (χ2v) is 4.30. The van der Waals surface area contributed by atoms with Crippen LogP contribution in [0.2, 0.25) is 0 Å². The normalized spacial score (nSPS) is 12.2. The van der Waals surface area contributed by atoms with Gasteiger partial charge in [0.2, 0.25) is 0 Å². The summed E-state index contributed by atoms with van der Waals surface area (Å²) < 4.78 is 1.69. The summed E-state index contributed by atoms with van der Waals surface area (Å²) in [6.45, 7) is 3.63. The molecule has 7 nitrogen and oxygen atoms in total. The highest BCUT2D eigenvalue weighted by Gasteiger charge is 2.16. The minimum Gasteiger partial charge on any atom is -0.477 e. The molecule has 0 fully saturated rings. The van der Waals surface area contributed by atoms with Crippen molar-refractivity contribution in [1.29, 1.82) is 0 Å². The van der Waals surface area contributed by atoms with E-state index in [0.29, 0.717) is 11.6 Å². The van der Waals surface area contributed by atoms with Crippen LogP contribution in [0.15, 0.2) is 18.6 Å². The van der Waals surface area contributed by atoms with E-state index in [-0.39, 0.29) is 11.6 Å². The average Bonchev–Trinajstić information content (AvgIpc) is 2.75. The van der Waals surface area contributed by atoms with Crippen LogP contribution in [0.1, 0.15) is 34.7 Å². The Hall–Kier alpha value is -2.44. The number of nitrogens with zero attached hydrogens (tertiary/aromatic N) is 4. The fraction of sp³-hybridized carbons (Fsp3) is 0.333. The minimum atomic E-state index is -1.05. The van der Waals surface area contributed by atoms with Gasteiger partial charge in [0.25, 0.3) is 0 Å². The Morgan fingerprint density at radius 3 is 2.79 bits per heavy atom. The second kappa shape index (κ2) is 5.05. The van der Waals surface area contributed by atoms with Crippen molar-refractivity contribution in [3.05, 3.63) is 35.5 Å². The van der Waals surface area contributed by atoms with Crippen molar-refractivity contribution in [3.63, 3.8) is 0 Å². The largest absolute Gasteiger partial charge is 0.477 e. The van der Waals surface area contributed by atoms with E-state index in [9.17, 15) is 4.79 Å². The predicted molar refractivity (Wildman–Crippen MR) is 69.0 cm³/mol. The zero-order valence-corrected chi connectivity index (χ0v) is 11.0. The van der Waals surface area contributed by atoms with Crippen molar-refractivity contribution in [2.24, 2.45) is 7.05 Å². The van der Waals surface area contributed by atoms with E-state index < -0.39 is 5.97 Å². The number of aryl methyl sites for hydroxylation is 2. The molecule has 7 heteroatoms. The topological polar surface area (TPSA) is 92.9 Å². The van der Waals surface area contributed by atoms with Gasteiger partial charge < -0.3 is 10.4 Å². The van der Waals surface area contributed by atoms with Gasteiger partial charge in [-0.2, -0.15) is 5.10 Å². The van der Waals surface area contributed by atoms with E-state index in [1.807, 2.05) is 20.2 Å². The summed E-state index contributed by atoms with van der Waals surface area (Å²) in [6.07, 6.45) is 4.90. The molecule has 0 aromatic carbocycles. The summed E-state index contributed by atoms with van der Waals surface area (Å²) in [4.78, 5) is 19.2. The standard InChI is InChI=1S/C12H15N5O2/c1-7(9-4-14-17(3)6-9)15-11-10(12(18)19)5-13-8(2)16-11/h4-7H,1-3H3,(H,18,19)(H,13,15,16). The van der Waals surface area contributed by atoms with Gasteiger partial charge in [0.15, 0.2) is 0 Å². The average molecular weight is 261 g/mol. The SMILES string of the molecule is Cc1ncc(C(=O)O)c(NC(C)c2cnn(C)c2)n1. The Morgan fingerprint density at radius 2 is 2.21 bits per heavy atom. The zero-order valence-electron chi connectivity index (χ0n) is 11.0. The molecule has 2 heterocycles. The Bertz CT molecular complexity index is 608. The van der Waals surface area contributed by atoms with Crippen LogP contribution < -0.4 is 5.32 Å². The first kappa shape index (κ1) is 13.0. The number of aromatic carboxylic acids is 1. The van der Waals surface area contributed by atoms with E-state index >= 15 is 0 Å². The molecule has 0 saturated carbocycles. The molecule has 0 bridgehead atoms. The van der Waals surface area contributed by atoms with Gasteiger partial charge in [0.05, 0.1) is 12.2 Å². The molecule has 0 aliphatic heterocycles. The highest BCUT2D eigenvalue weighted by molar-refractivity contribution is 5.92. The summed E-state index contributed by atoms with van der Waals surface area (Å²) in [6, 6.07) is -0.0962. The van der Waals surface area contributed by atoms with Crippen LogP contribution in [0.25, 0.3) is 0 Å². The van der Waals surface area contributed by atoms with Gasteiger partial charge >= 0.3 is 5.97 Å². The van der Waals surface area contributed by atoms with E-state index in [4.69, 9.17) is 5.11 Å². The molecule has 2 aromatic rings. The predicted octanol–water partition coefficient (Wildman–Crippen LogP) is 1.39. The fourth-order valence-electron chi connectivity index (χ4n) is 1.69. The third-order valence-corrected chi connectivity index (χ3v) is 2.72. The van der Waals surface area contributed by atoms with Crippen molar-refractivity contribution in [3.8, 4) is 0 Å². The van der Waals surface area contributed by atoms with Gasteiger partial charge in [-0.1, -0.05) is 0 Å². The molecule has 2 rings (SSSR count). The van der Waals surface area contributed by atoms with E-state index in [0.717, 1.165) is 5.56 Å². The van der Waals surface area contributed by atoms with Gasteiger partial charge in [-0.3, -0.25) is 4.68 Å². The number of aromatic nitrogens is 4. The Labute approximate surface area is 110 Å². The maximum Gasteiger partial charge on any atom is 0.341 e. The third kappa shape index (κ3) is 2.87. The fourth-order valence-corrected chi connectivity index (χ4v) is 1.69. The molecule has 0 aliphatic carbocycles. The van der Waals surface area contributed by atoms with Gasteiger partial charge in [-0.15, -0.1) is 0 Å². The van der Waals surface area contributed by atoms with Crippen LogP contribution in [0.3, 0.4) is 0 Å². The minimum absolute atomic E-state index is 0.0568. The molecule has 0 amide bonds. The molecular weight excluding hydrogens is 246 g/mol. The lowest BCUT2D eigenvalue weighted by Gasteiger charge is -2.14. The number of nitrogens with one attached hydrogen (secondary N) is 1. The molecule has 0 saturated heterocycles. The highest BCUT2D eigenvalue weighted by atomic mass is 16.4. The van der Waals surface area contributed by atoms with Crippen molar-refractivity contribution < 1.29 is 9.90 Å². The quantitative estimate of drug-likeness (QED) is 0.864. The van der Waals surface area contributed by atoms with Crippen LogP contribution in [-0.4, -0.2) is 30.8 Å². The number of carbonyl (C=O) groups is 1. The maximum atomic E-state index is 11.1. The van der Waals surface area contributed by atoms with Gasteiger partial charge in [0, 0.05) is 25.0 Å². The Balaban J connectivity index is 2.27. The smallest absolute Gasteiger partial charge is 0.341 e. The van der Waals surface area contributed by atoms with Gasteiger partial charge in [-0.05, 0) is 13.8 Å². The monoisotopic (exact) mass is 261 g/mol. The van der Waals surface area contributed by atoms with Crippen molar-refractivity contribution in [2.75, 3.05) is 5.32 Å². The lowest BCUT2D eigenvalue weighted by atomic mass is 10.2. The molecular formula is C12H15N5O2. The molecule has 1 atom stereocenters. The first-order valence-corrected chi connectivity index (χ1v) is 5.79.